The molecule has 0 unspecified atom stereocenters. The van der Waals surface area contributed by atoms with Crippen LogP contribution >= 0.6 is 0 Å². The summed E-state index contributed by atoms with van der Waals surface area (Å²) in [5.74, 6) is -1.41. The number of hydrogen-bond donors (Lipinski definition) is 2. The molecule has 0 atom stereocenters. The summed E-state index contributed by atoms with van der Waals surface area (Å²) in [5.41, 5.74) is 1.42. The summed E-state index contributed by atoms with van der Waals surface area (Å²) in [6.07, 6.45) is 1.47. The average molecular weight is 369 g/mol. The second kappa shape index (κ2) is 8.27. The first-order valence-electron chi connectivity index (χ1n) is 8.27. The smallest absolute Gasteiger partial charge is 0.274 e. The normalized spacial score (nSPS) is 10.3. The van der Waals surface area contributed by atoms with E-state index in [9.17, 15) is 13.6 Å². The number of hydrogen-bond acceptors (Lipinski definition) is 4. The van der Waals surface area contributed by atoms with E-state index in [1.807, 2.05) is 31.2 Å². The van der Waals surface area contributed by atoms with Crippen LogP contribution in [0, 0.1) is 11.6 Å². The van der Waals surface area contributed by atoms with E-state index in [-0.39, 0.29) is 11.4 Å². The van der Waals surface area contributed by atoms with Crippen molar-refractivity contribution in [2.45, 2.75) is 6.92 Å². The van der Waals surface area contributed by atoms with E-state index in [1.54, 1.807) is 6.07 Å². The highest BCUT2D eigenvalue weighted by molar-refractivity contribution is 6.03. The molecule has 1 heterocycles. The van der Waals surface area contributed by atoms with Crippen LogP contribution in [0.3, 0.4) is 0 Å². The van der Waals surface area contributed by atoms with Crippen molar-refractivity contribution in [1.29, 1.82) is 0 Å². The van der Waals surface area contributed by atoms with Gasteiger partial charge in [-0.15, -0.1) is 0 Å². The largest absolute Gasteiger partial charge is 0.494 e. The van der Waals surface area contributed by atoms with Gasteiger partial charge >= 0.3 is 0 Å². The van der Waals surface area contributed by atoms with Gasteiger partial charge in [-0.3, -0.25) is 9.78 Å². The Labute approximate surface area is 155 Å². The maximum Gasteiger partial charge on any atom is 0.274 e. The summed E-state index contributed by atoms with van der Waals surface area (Å²) < 4.78 is 32.0. The highest BCUT2D eigenvalue weighted by Crippen LogP contribution is 2.21. The van der Waals surface area contributed by atoms with Crippen LogP contribution < -0.4 is 15.4 Å². The number of nitrogens with zero attached hydrogens (tertiary/aromatic N) is 1. The number of aromatic nitrogens is 1. The molecule has 0 radical (unpaired) electrons. The molecule has 0 saturated carbocycles. The van der Waals surface area contributed by atoms with Crippen molar-refractivity contribution in [2.75, 3.05) is 17.2 Å². The van der Waals surface area contributed by atoms with Gasteiger partial charge in [-0.2, -0.15) is 0 Å². The van der Waals surface area contributed by atoms with Gasteiger partial charge in [0.15, 0.2) is 0 Å². The maximum absolute atomic E-state index is 13.7. The predicted molar refractivity (Wildman–Crippen MR) is 99.4 cm³/mol. The summed E-state index contributed by atoms with van der Waals surface area (Å²) in [6.45, 7) is 2.50. The summed E-state index contributed by atoms with van der Waals surface area (Å²) >= 11 is 0. The Kier molecular flexibility index (Phi) is 5.61. The lowest BCUT2D eigenvalue weighted by molar-refractivity contribution is 0.102. The Morgan fingerprint density at radius 3 is 2.52 bits per heavy atom. The molecule has 0 aliphatic heterocycles. The van der Waals surface area contributed by atoms with Gasteiger partial charge in [-0.05, 0) is 55.5 Å². The van der Waals surface area contributed by atoms with Gasteiger partial charge < -0.3 is 15.4 Å². The van der Waals surface area contributed by atoms with Gasteiger partial charge in [0, 0.05) is 23.6 Å². The number of carbonyl (C=O) groups excluding carboxylic acids is 1. The molecule has 1 aromatic heterocycles. The number of anilines is 3. The second-order valence-corrected chi connectivity index (χ2v) is 5.59. The van der Waals surface area contributed by atoms with Crippen LogP contribution in [0.1, 0.15) is 17.4 Å². The van der Waals surface area contributed by atoms with Gasteiger partial charge in [-0.1, -0.05) is 0 Å². The van der Waals surface area contributed by atoms with Gasteiger partial charge in [0.1, 0.15) is 23.1 Å². The molecule has 27 heavy (non-hydrogen) atoms. The standard InChI is InChI=1S/C20H17F2N3O2/c1-2-27-16-6-4-14(5-7-16)24-15-9-10-23-19(12-15)20(26)25-18-8-3-13(21)11-17(18)22/h3-12H,2H2,1H3,(H,23,24)(H,25,26). The van der Waals surface area contributed by atoms with Gasteiger partial charge in [0.25, 0.3) is 5.91 Å². The molecule has 3 aromatic rings. The average Bonchev–Trinajstić information content (AvgIpc) is 2.66. The summed E-state index contributed by atoms with van der Waals surface area (Å²) in [5, 5.41) is 5.53. The molecule has 0 spiro atoms. The van der Waals surface area contributed by atoms with Crippen molar-refractivity contribution < 1.29 is 18.3 Å². The Bertz CT molecular complexity index is 946. The Morgan fingerprint density at radius 2 is 1.81 bits per heavy atom. The Morgan fingerprint density at radius 1 is 1.04 bits per heavy atom. The molecule has 7 heteroatoms. The number of halogens is 2. The summed E-state index contributed by atoms with van der Waals surface area (Å²) in [6, 6.07) is 13.5. The molecular formula is C20H17F2N3O2. The molecule has 138 valence electrons. The zero-order valence-electron chi connectivity index (χ0n) is 14.5. The quantitative estimate of drug-likeness (QED) is 0.658. The molecule has 0 fully saturated rings. The predicted octanol–water partition coefficient (Wildman–Crippen LogP) is 4.75. The zero-order valence-corrected chi connectivity index (χ0v) is 14.5. The topological polar surface area (TPSA) is 63.2 Å². The van der Waals surface area contributed by atoms with Crippen molar-refractivity contribution >= 4 is 23.0 Å². The van der Waals surface area contributed by atoms with Crippen LogP contribution in [0.25, 0.3) is 0 Å². The van der Waals surface area contributed by atoms with Crippen molar-refractivity contribution in [3.63, 3.8) is 0 Å². The number of carbonyl (C=O) groups is 1. The fourth-order valence-electron chi connectivity index (χ4n) is 2.38. The zero-order chi connectivity index (χ0) is 19.2. The first kappa shape index (κ1) is 18.3. The number of nitrogens with one attached hydrogen (secondary N) is 2. The molecule has 1 amide bonds. The van der Waals surface area contributed by atoms with Crippen LogP contribution in [-0.4, -0.2) is 17.5 Å². The Hall–Kier alpha value is -3.48. The van der Waals surface area contributed by atoms with Gasteiger partial charge in [-0.25, -0.2) is 8.78 Å². The minimum atomic E-state index is -0.855. The van der Waals surface area contributed by atoms with Crippen molar-refractivity contribution in [1.82, 2.24) is 4.98 Å². The lowest BCUT2D eigenvalue weighted by atomic mass is 10.2. The number of rotatable bonds is 6. The Balaban J connectivity index is 1.71. The van der Waals surface area contributed by atoms with E-state index in [0.717, 1.165) is 23.6 Å². The van der Waals surface area contributed by atoms with Crippen molar-refractivity contribution in [2.24, 2.45) is 0 Å². The third-order valence-corrected chi connectivity index (χ3v) is 3.63. The number of pyridine rings is 1. The molecule has 2 N–H and O–H groups in total. The van der Waals surface area contributed by atoms with Crippen LogP contribution in [0.15, 0.2) is 60.8 Å². The molecule has 5 nitrogen and oxygen atoms in total. The van der Waals surface area contributed by atoms with E-state index in [0.29, 0.717) is 18.4 Å². The van der Waals surface area contributed by atoms with E-state index in [2.05, 4.69) is 15.6 Å². The monoisotopic (exact) mass is 369 g/mol. The fourth-order valence-corrected chi connectivity index (χ4v) is 2.38. The SMILES string of the molecule is CCOc1ccc(Nc2ccnc(C(=O)Nc3ccc(F)cc3F)c2)cc1. The third kappa shape index (κ3) is 4.78. The van der Waals surface area contributed by atoms with E-state index >= 15 is 0 Å². The second-order valence-electron chi connectivity index (χ2n) is 5.59. The van der Waals surface area contributed by atoms with Gasteiger partial charge in [0.05, 0.1) is 12.3 Å². The molecule has 0 bridgehead atoms. The highest BCUT2D eigenvalue weighted by atomic mass is 19.1. The number of benzene rings is 2. The van der Waals surface area contributed by atoms with E-state index in [4.69, 9.17) is 4.74 Å². The summed E-state index contributed by atoms with van der Waals surface area (Å²) in [4.78, 5) is 16.3. The molecule has 0 saturated heterocycles. The van der Waals surface area contributed by atoms with Crippen molar-refractivity contribution in [3.8, 4) is 5.75 Å². The van der Waals surface area contributed by atoms with Crippen LogP contribution in [0.2, 0.25) is 0 Å². The number of amides is 1. The van der Waals surface area contributed by atoms with Gasteiger partial charge in [0.2, 0.25) is 0 Å². The van der Waals surface area contributed by atoms with E-state index < -0.39 is 17.5 Å². The van der Waals surface area contributed by atoms with Crippen LogP contribution in [0.4, 0.5) is 25.8 Å². The number of ether oxygens (including phenoxy) is 1. The first-order valence-corrected chi connectivity index (χ1v) is 8.27. The van der Waals surface area contributed by atoms with Crippen LogP contribution in [0.5, 0.6) is 5.75 Å². The minimum Gasteiger partial charge on any atom is -0.494 e. The molecule has 3 rings (SSSR count). The highest BCUT2D eigenvalue weighted by Gasteiger charge is 2.12. The third-order valence-electron chi connectivity index (χ3n) is 3.63. The van der Waals surface area contributed by atoms with Crippen LogP contribution in [-0.2, 0) is 0 Å². The maximum atomic E-state index is 13.7. The van der Waals surface area contributed by atoms with E-state index in [1.165, 1.54) is 12.3 Å². The lowest BCUT2D eigenvalue weighted by Gasteiger charge is -2.10. The molecular weight excluding hydrogens is 352 g/mol. The van der Waals surface area contributed by atoms with Crippen molar-refractivity contribution in [3.05, 3.63) is 78.1 Å². The first-order chi connectivity index (χ1) is 13.0. The molecule has 2 aromatic carbocycles. The lowest BCUT2D eigenvalue weighted by Crippen LogP contribution is -2.14. The molecule has 0 aliphatic rings. The minimum absolute atomic E-state index is 0.0923. The molecule has 0 aliphatic carbocycles. The fraction of sp³-hybridized carbons (Fsp3) is 0.100. The summed E-state index contributed by atoms with van der Waals surface area (Å²) in [7, 11) is 0.